The number of rotatable bonds is 22. The summed E-state index contributed by atoms with van der Waals surface area (Å²) in [6.45, 7) is 2.47. The number of amides is 2. The molecule has 24 nitrogen and oxygen atoms in total. The van der Waals surface area contributed by atoms with Gasteiger partial charge in [-0.2, -0.15) is 4.31 Å². The quantitative estimate of drug-likeness (QED) is 0.0428. The van der Waals surface area contributed by atoms with Gasteiger partial charge in [-0.15, -0.1) is 0 Å². The van der Waals surface area contributed by atoms with Crippen LogP contribution in [0, 0.1) is 5.41 Å². The van der Waals surface area contributed by atoms with Crippen LogP contribution >= 0.6 is 35.2 Å². The summed E-state index contributed by atoms with van der Waals surface area (Å²) in [7, 11) is -16.4. The van der Waals surface area contributed by atoms with Crippen LogP contribution in [0.25, 0.3) is 11.2 Å². The maximum absolute atomic E-state index is 12.7. The van der Waals surface area contributed by atoms with Crippen molar-refractivity contribution in [2.75, 3.05) is 37.8 Å². The minimum absolute atomic E-state index is 0.0305. The molecule has 1 aliphatic heterocycles. The molecule has 2 amide bonds. The van der Waals surface area contributed by atoms with E-state index in [-0.39, 0.29) is 41.6 Å². The minimum Gasteiger partial charge on any atom is -0.386 e. The van der Waals surface area contributed by atoms with Gasteiger partial charge in [-0.3, -0.25) is 32.5 Å². The van der Waals surface area contributed by atoms with Crippen molar-refractivity contribution >= 4 is 69.1 Å². The zero-order chi connectivity index (χ0) is 41.2. The molecule has 0 bridgehead atoms. The van der Waals surface area contributed by atoms with Gasteiger partial charge in [0.2, 0.25) is 16.9 Å². The molecular weight excluding hydrogens is 819 g/mol. The van der Waals surface area contributed by atoms with Crippen molar-refractivity contribution in [3.63, 3.8) is 0 Å². The molecule has 10 N–H and O–H groups in total. The van der Waals surface area contributed by atoms with Crippen LogP contribution < -0.4 is 16.4 Å². The number of aliphatic hydroxyl groups excluding tert-OH is 2. The number of nitrogens with two attached hydrogens (primary N) is 1. The lowest BCUT2D eigenvalue weighted by Gasteiger charge is -2.30. The lowest BCUT2D eigenvalue weighted by molar-refractivity contribution is -0.137. The van der Waals surface area contributed by atoms with Crippen molar-refractivity contribution in [1.82, 2.24) is 30.2 Å². The van der Waals surface area contributed by atoms with Crippen LogP contribution in [0.1, 0.15) is 46.3 Å². The lowest BCUT2D eigenvalue weighted by Crippen LogP contribution is -2.46. The van der Waals surface area contributed by atoms with Crippen LogP contribution in [0.5, 0.6) is 0 Å². The van der Waals surface area contributed by atoms with E-state index in [4.69, 9.17) is 19.5 Å². The Morgan fingerprint density at radius 1 is 1.09 bits per heavy atom. The minimum atomic E-state index is -5.57. The highest BCUT2D eigenvalue weighted by atomic mass is 32.2. The number of imidazole rings is 1. The molecule has 1 aliphatic rings. The molecular formula is C27H44N7O17P3S. The smallest absolute Gasteiger partial charge is 0.386 e. The number of thioether (sulfide) groups is 1. The van der Waals surface area contributed by atoms with E-state index in [2.05, 4.69) is 34.4 Å². The van der Waals surface area contributed by atoms with Gasteiger partial charge in [-0.25, -0.2) is 28.6 Å². The third kappa shape index (κ3) is 14.6. The molecule has 55 heavy (non-hydrogen) atoms. The zero-order valence-corrected chi connectivity index (χ0v) is 33.1. The highest BCUT2D eigenvalue weighted by molar-refractivity contribution is 8.14. The normalized spacial score (nSPS) is 22.0. The molecule has 0 radical (unpaired) electrons. The van der Waals surface area contributed by atoms with Crippen LogP contribution in [-0.4, -0.2) is 123 Å². The predicted octanol–water partition coefficient (Wildman–Crippen LogP) is 0.0210. The topological polar surface area (TPSA) is 364 Å². The number of phosphoric ester groups is 3. The van der Waals surface area contributed by atoms with Gasteiger partial charge in [-0.1, -0.05) is 45.0 Å². The third-order valence-corrected chi connectivity index (χ3v) is 11.4. The number of nitrogens with one attached hydrogen (secondary N) is 2. The van der Waals surface area contributed by atoms with Gasteiger partial charge in [0, 0.05) is 30.7 Å². The first-order chi connectivity index (χ1) is 25.6. The maximum atomic E-state index is 12.7. The lowest BCUT2D eigenvalue weighted by atomic mass is 9.87. The number of fused-ring (bicyclic) bond motifs is 1. The summed E-state index contributed by atoms with van der Waals surface area (Å²) in [5.41, 5.74) is 4.26. The number of nitrogen functional groups attached to an aromatic ring is 1. The Balaban J connectivity index is 1.49. The summed E-state index contributed by atoms with van der Waals surface area (Å²) in [5, 5.41) is 26.2. The van der Waals surface area contributed by atoms with Gasteiger partial charge in [0.15, 0.2) is 17.7 Å². The number of anilines is 1. The van der Waals surface area contributed by atoms with E-state index < -0.39 is 84.6 Å². The Hall–Kier alpha value is -2.70. The van der Waals surface area contributed by atoms with Crippen LogP contribution in [0.3, 0.4) is 0 Å². The molecule has 1 saturated heterocycles. The number of hydrogen-bond donors (Lipinski definition) is 9. The monoisotopic (exact) mass is 863 g/mol. The van der Waals surface area contributed by atoms with E-state index in [9.17, 15) is 57.9 Å². The van der Waals surface area contributed by atoms with Gasteiger partial charge in [0.05, 0.1) is 19.5 Å². The van der Waals surface area contributed by atoms with E-state index in [1.807, 2.05) is 6.92 Å². The van der Waals surface area contributed by atoms with Gasteiger partial charge < -0.3 is 50.9 Å². The molecule has 2 aromatic heterocycles. The molecule has 0 spiro atoms. The highest BCUT2D eigenvalue weighted by Crippen LogP contribution is 2.61. The predicted molar refractivity (Wildman–Crippen MR) is 191 cm³/mol. The van der Waals surface area contributed by atoms with Crippen LogP contribution in [-0.2, 0) is 50.7 Å². The number of aliphatic hydroxyl groups is 2. The largest absolute Gasteiger partial charge is 0.481 e. The molecule has 28 heteroatoms. The summed E-state index contributed by atoms with van der Waals surface area (Å²) >= 11 is 1.03. The maximum Gasteiger partial charge on any atom is 0.481 e. The number of nitrogens with zero attached hydrogens (tertiary/aromatic N) is 4. The van der Waals surface area contributed by atoms with Crippen molar-refractivity contribution in [2.24, 2.45) is 5.41 Å². The molecule has 0 aromatic carbocycles. The molecule has 2 aromatic rings. The highest BCUT2D eigenvalue weighted by Gasteiger charge is 2.50. The number of phosphoric acid groups is 3. The standard InChI is InChI=1S/C27H44N7O17P3S/c1-4-5-6-7-18(36)55-11-10-29-17(35)8-9-30-25(39)22(38)27(2,3)13-48-54(45,46)51-53(43,44)47-12-16-21(50-52(40,41)42)20(37)26(49-16)34-15-33-19-23(28)31-14-32-24(19)34/h6-7,14-16,20-22,26,37-38H,4-5,8-13H2,1-3H3,(H,29,35)(H,30,39)(H,43,44)(H,45,46)(H2,28,31,32)(H2,40,41,42). The molecule has 0 aliphatic carbocycles. The first-order valence-corrected chi connectivity index (χ1v) is 21.8. The third-order valence-electron chi connectivity index (χ3n) is 7.46. The molecule has 1 fully saturated rings. The summed E-state index contributed by atoms with van der Waals surface area (Å²) in [6, 6.07) is 0. The van der Waals surface area contributed by atoms with Crippen molar-refractivity contribution < 1.29 is 80.5 Å². The van der Waals surface area contributed by atoms with Crippen molar-refractivity contribution in [2.45, 2.75) is 70.7 Å². The fourth-order valence-electron chi connectivity index (χ4n) is 4.68. The van der Waals surface area contributed by atoms with E-state index in [0.29, 0.717) is 5.75 Å². The van der Waals surface area contributed by atoms with E-state index in [1.54, 1.807) is 6.08 Å². The molecule has 310 valence electrons. The second-order valence-corrected chi connectivity index (χ2v) is 17.8. The Kier molecular flexibility index (Phi) is 17.1. The van der Waals surface area contributed by atoms with Crippen LogP contribution in [0.15, 0.2) is 24.8 Å². The van der Waals surface area contributed by atoms with Crippen molar-refractivity contribution in [1.29, 1.82) is 0 Å². The molecule has 3 heterocycles. The summed E-state index contributed by atoms with van der Waals surface area (Å²) in [4.78, 5) is 87.2. The number of allylic oxidation sites excluding steroid dienone is 1. The van der Waals surface area contributed by atoms with Crippen LogP contribution in [0.4, 0.5) is 5.82 Å². The van der Waals surface area contributed by atoms with Gasteiger partial charge in [0.25, 0.3) is 0 Å². The Morgan fingerprint density at radius 2 is 1.78 bits per heavy atom. The number of aromatic nitrogens is 4. The number of carbonyl (C=O) groups is 3. The number of carbonyl (C=O) groups excluding carboxylic acids is 3. The van der Waals surface area contributed by atoms with E-state index >= 15 is 0 Å². The zero-order valence-electron chi connectivity index (χ0n) is 29.6. The first kappa shape index (κ1) is 46.7. The SMILES string of the molecule is CCCC=CC(=O)SCCNC(=O)CCNC(=O)C(O)C(C)(C)COP(=O)(O)OP(=O)(O)OCC1OC(n2cnc3c(N)ncnc32)C(O)C1OP(=O)(O)O. The summed E-state index contributed by atoms with van der Waals surface area (Å²) < 4.78 is 62.0. The fourth-order valence-corrected chi connectivity index (χ4v) is 8.10. The molecule has 3 rings (SSSR count). The molecule has 7 unspecified atom stereocenters. The second kappa shape index (κ2) is 20.1. The molecule has 7 atom stereocenters. The van der Waals surface area contributed by atoms with Gasteiger partial charge >= 0.3 is 23.5 Å². The number of hydrogen-bond acceptors (Lipinski definition) is 18. The van der Waals surface area contributed by atoms with Crippen molar-refractivity contribution in [3.8, 4) is 0 Å². The summed E-state index contributed by atoms with van der Waals surface area (Å²) in [6.07, 6.45) is -1.97. The molecule has 0 saturated carbocycles. The Bertz CT molecular complexity index is 1830. The van der Waals surface area contributed by atoms with Gasteiger partial charge in [0.1, 0.15) is 36.3 Å². The first-order valence-electron chi connectivity index (χ1n) is 16.3. The Labute approximate surface area is 318 Å². The number of ether oxygens (including phenoxy) is 1. The van der Waals surface area contributed by atoms with E-state index in [0.717, 1.165) is 41.8 Å². The average molecular weight is 864 g/mol. The van der Waals surface area contributed by atoms with E-state index in [1.165, 1.54) is 19.9 Å². The average Bonchev–Trinajstić information content (AvgIpc) is 3.64. The van der Waals surface area contributed by atoms with Crippen molar-refractivity contribution in [3.05, 3.63) is 24.8 Å². The van der Waals surface area contributed by atoms with Crippen LogP contribution in [0.2, 0.25) is 0 Å². The Morgan fingerprint density at radius 3 is 2.45 bits per heavy atom. The van der Waals surface area contributed by atoms with Gasteiger partial charge in [-0.05, 0) is 12.5 Å². The second-order valence-electron chi connectivity index (χ2n) is 12.4. The summed E-state index contributed by atoms with van der Waals surface area (Å²) in [5.74, 6) is -1.12. The fraction of sp³-hybridized carbons (Fsp3) is 0.630. The number of unbranched alkanes of at least 4 members (excludes halogenated alkanes) is 1.